The molecule has 8 heteroatoms. The first-order chi connectivity index (χ1) is 15.4. The number of aromatic amines is 1. The van der Waals surface area contributed by atoms with E-state index in [1.54, 1.807) is 25.0 Å². The average molecular weight is 434 g/mol. The lowest BCUT2D eigenvalue weighted by molar-refractivity contribution is -0.0393. The fraction of sp³-hybridized carbons (Fsp3) is 0.292. The van der Waals surface area contributed by atoms with Gasteiger partial charge in [-0.3, -0.25) is 9.98 Å². The second-order valence-corrected chi connectivity index (χ2v) is 7.96. The highest BCUT2D eigenvalue weighted by atomic mass is 16.5. The zero-order valence-electron chi connectivity index (χ0n) is 18.7. The van der Waals surface area contributed by atoms with Gasteiger partial charge < -0.3 is 19.2 Å². The molecular weight excluding hydrogens is 406 g/mol. The Balaban J connectivity index is 1.65. The number of hydrogen-bond acceptors (Lipinski definition) is 6. The van der Waals surface area contributed by atoms with Gasteiger partial charge in [-0.05, 0) is 37.1 Å². The number of aromatic nitrogens is 4. The van der Waals surface area contributed by atoms with E-state index in [1.807, 2.05) is 62.4 Å². The molecular formula is C24H27N5O3. The average Bonchev–Trinajstić information content (AvgIpc) is 3.26. The number of nitrogens with zero attached hydrogens (tertiary/aromatic N) is 3. The van der Waals surface area contributed by atoms with E-state index in [-0.39, 0.29) is 5.62 Å². The quantitative estimate of drug-likeness (QED) is 0.441. The Morgan fingerprint density at radius 1 is 1.00 bits per heavy atom. The van der Waals surface area contributed by atoms with Crippen LogP contribution in [-0.2, 0) is 23.5 Å². The van der Waals surface area contributed by atoms with Gasteiger partial charge in [0, 0.05) is 0 Å². The van der Waals surface area contributed by atoms with Crippen LogP contribution in [0.15, 0.2) is 54.7 Å². The van der Waals surface area contributed by atoms with Crippen molar-refractivity contribution >= 4 is 11.2 Å². The van der Waals surface area contributed by atoms with Crippen LogP contribution >= 0.6 is 0 Å². The molecule has 2 aromatic carbocycles. The van der Waals surface area contributed by atoms with Gasteiger partial charge in [-0.25, -0.2) is 9.97 Å². The number of hydrogen-bond donors (Lipinski definition) is 2. The van der Waals surface area contributed by atoms with E-state index >= 15 is 0 Å². The van der Waals surface area contributed by atoms with E-state index in [4.69, 9.17) is 24.6 Å². The summed E-state index contributed by atoms with van der Waals surface area (Å²) in [5.74, 6) is 1.97. The van der Waals surface area contributed by atoms with Gasteiger partial charge in [0.1, 0.15) is 16.9 Å². The topological polar surface area (TPSA) is 98.0 Å². The number of H-pyrrole nitrogens is 1. The molecule has 4 rings (SSSR count). The fourth-order valence-corrected chi connectivity index (χ4v) is 3.47. The Morgan fingerprint density at radius 2 is 1.75 bits per heavy atom. The molecule has 166 valence electrons. The lowest BCUT2D eigenvalue weighted by Gasteiger charge is -2.23. The third-order valence-electron chi connectivity index (χ3n) is 5.34. The number of fused-ring (bicyclic) bond motifs is 1. The Morgan fingerprint density at radius 3 is 2.47 bits per heavy atom. The molecule has 0 saturated heterocycles. The summed E-state index contributed by atoms with van der Waals surface area (Å²) in [5, 5.41) is 8.35. The van der Waals surface area contributed by atoms with Gasteiger partial charge in [0.25, 0.3) is 0 Å². The molecule has 32 heavy (non-hydrogen) atoms. The molecule has 0 saturated carbocycles. The first-order valence-electron chi connectivity index (χ1n) is 10.3. The molecule has 8 nitrogen and oxygen atoms in total. The van der Waals surface area contributed by atoms with E-state index in [0.717, 1.165) is 16.6 Å². The molecule has 2 N–H and O–H groups in total. The van der Waals surface area contributed by atoms with Gasteiger partial charge in [-0.2, -0.15) is 0 Å². The van der Waals surface area contributed by atoms with Crippen LogP contribution in [0, 0.1) is 5.41 Å². The standard InChI is InChI=1S/C24H27N5O3/c1-24(2,32-15-16-8-6-5-7-9-16)22-27-18-13-26-23(25)29(21(18)28-22)14-17-10-11-19(30-3)20(12-17)31-4/h5-13,25H,14-15H2,1-4H3,(H,27,28). The molecule has 0 atom stereocenters. The van der Waals surface area contributed by atoms with E-state index in [2.05, 4.69) is 9.97 Å². The summed E-state index contributed by atoms with van der Waals surface area (Å²) in [6, 6.07) is 15.7. The van der Waals surface area contributed by atoms with Crippen LogP contribution in [0.5, 0.6) is 11.5 Å². The molecule has 0 aliphatic rings. The van der Waals surface area contributed by atoms with E-state index in [0.29, 0.717) is 36.1 Å². The predicted molar refractivity (Wildman–Crippen MR) is 121 cm³/mol. The van der Waals surface area contributed by atoms with Crippen molar-refractivity contribution in [1.29, 1.82) is 5.41 Å². The van der Waals surface area contributed by atoms with Crippen molar-refractivity contribution in [1.82, 2.24) is 19.5 Å². The fourth-order valence-electron chi connectivity index (χ4n) is 3.47. The van der Waals surface area contributed by atoms with Crippen molar-refractivity contribution < 1.29 is 14.2 Å². The molecule has 0 unspecified atom stereocenters. The number of rotatable bonds is 8. The predicted octanol–water partition coefficient (Wildman–Crippen LogP) is 3.76. The Hall–Kier alpha value is -3.65. The van der Waals surface area contributed by atoms with Gasteiger partial charge in [0.2, 0.25) is 5.62 Å². The molecule has 0 aliphatic heterocycles. The van der Waals surface area contributed by atoms with Crippen LogP contribution in [0.3, 0.4) is 0 Å². The second kappa shape index (κ2) is 8.84. The maximum absolute atomic E-state index is 8.35. The number of nitrogens with one attached hydrogen (secondary N) is 2. The first kappa shape index (κ1) is 21.6. The summed E-state index contributed by atoms with van der Waals surface area (Å²) in [5.41, 5.74) is 2.89. The molecule has 0 radical (unpaired) electrons. The summed E-state index contributed by atoms with van der Waals surface area (Å²) >= 11 is 0. The summed E-state index contributed by atoms with van der Waals surface area (Å²) in [7, 11) is 3.20. The summed E-state index contributed by atoms with van der Waals surface area (Å²) in [4.78, 5) is 12.3. The highest BCUT2D eigenvalue weighted by Crippen LogP contribution is 2.29. The van der Waals surface area contributed by atoms with Crippen molar-refractivity contribution in [3.05, 3.63) is 77.3 Å². The smallest absolute Gasteiger partial charge is 0.223 e. The van der Waals surface area contributed by atoms with Crippen LogP contribution < -0.4 is 15.1 Å². The maximum atomic E-state index is 8.35. The number of benzene rings is 2. The van der Waals surface area contributed by atoms with Gasteiger partial charge in [-0.15, -0.1) is 0 Å². The molecule has 0 fully saturated rings. The lowest BCUT2D eigenvalue weighted by atomic mass is 10.1. The summed E-state index contributed by atoms with van der Waals surface area (Å²) < 4.78 is 18.7. The van der Waals surface area contributed by atoms with Gasteiger partial charge >= 0.3 is 0 Å². The van der Waals surface area contributed by atoms with E-state index in [1.165, 1.54) is 0 Å². The van der Waals surface area contributed by atoms with Gasteiger partial charge in [-0.1, -0.05) is 36.4 Å². The minimum absolute atomic E-state index is 0.119. The minimum atomic E-state index is -0.655. The van der Waals surface area contributed by atoms with Gasteiger partial charge in [0.05, 0.1) is 33.6 Å². The van der Waals surface area contributed by atoms with Crippen LogP contribution in [-0.4, -0.2) is 33.7 Å². The van der Waals surface area contributed by atoms with Crippen molar-refractivity contribution in [2.45, 2.75) is 32.6 Å². The third kappa shape index (κ3) is 4.36. The van der Waals surface area contributed by atoms with Crippen LogP contribution in [0.4, 0.5) is 0 Å². The molecule has 2 aromatic heterocycles. The number of ether oxygens (including phenoxy) is 3. The van der Waals surface area contributed by atoms with Crippen molar-refractivity contribution in [3.63, 3.8) is 0 Å². The first-order valence-corrected chi connectivity index (χ1v) is 10.3. The van der Waals surface area contributed by atoms with Crippen LogP contribution in [0.1, 0.15) is 30.8 Å². The zero-order valence-corrected chi connectivity index (χ0v) is 18.7. The Labute approximate surface area is 186 Å². The van der Waals surface area contributed by atoms with E-state index < -0.39 is 5.60 Å². The monoisotopic (exact) mass is 433 g/mol. The summed E-state index contributed by atoms with van der Waals surface area (Å²) in [6.45, 7) is 4.83. The molecule has 0 spiro atoms. The van der Waals surface area contributed by atoms with E-state index in [9.17, 15) is 0 Å². The largest absolute Gasteiger partial charge is 0.493 e. The molecule has 0 bridgehead atoms. The lowest BCUT2D eigenvalue weighted by Crippen LogP contribution is -2.24. The summed E-state index contributed by atoms with van der Waals surface area (Å²) in [6.07, 6.45) is 1.63. The Kier molecular flexibility index (Phi) is 5.96. The van der Waals surface area contributed by atoms with Crippen molar-refractivity contribution in [2.75, 3.05) is 14.2 Å². The van der Waals surface area contributed by atoms with Gasteiger partial charge in [0.15, 0.2) is 17.1 Å². The number of methoxy groups -OCH3 is 2. The number of imidazole rings is 1. The minimum Gasteiger partial charge on any atom is -0.493 e. The SMILES string of the molecule is COc1ccc(Cn2c(=N)ncc3[nH]c(C(C)(C)OCc4ccccc4)nc32)cc1OC. The van der Waals surface area contributed by atoms with Crippen molar-refractivity contribution in [3.8, 4) is 11.5 Å². The Bertz CT molecular complexity index is 1280. The second-order valence-electron chi connectivity index (χ2n) is 7.96. The van der Waals surface area contributed by atoms with Crippen LogP contribution in [0.25, 0.3) is 11.2 Å². The molecule has 2 heterocycles. The third-order valence-corrected chi connectivity index (χ3v) is 5.34. The van der Waals surface area contributed by atoms with Crippen molar-refractivity contribution in [2.24, 2.45) is 0 Å². The molecule has 0 amide bonds. The maximum Gasteiger partial charge on any atom is 0.223 e. The van der Waals surface area contributed by atoms with Crippen LogP contribution in [0.2, 0.25) is 0 Å². The highest BCUT2D eigenvalue weighted by Gasteiger charge is 2.26. The zero-order chi connectivity index (χ0) is 22.7. The normalized spacial score (nSPS) is 11.6. The highest BCUT2D eigenvalue weighted by molar-refractivity contribution is 5.70. The molecule has 0 aliphatic carbocycles. The molecule has 4 aromatic rings.